The minimum Gasteiger partial charge on any atom is -0.481 e. The van der Waals surface area contributed by atoms with Crippen molar-refractivity contribution in [3.63, 3.8) is 0 Å². The highest BCUT2D eigenvalue weighted by molar-refractivity contribution is 5.96. The molecule has 0 fully saturated rings. The highest BCUT2D eigenvalue weighted by Gasteiger charge is 2.31. The molecule has 4 heteroatoms. The number of hydrogen-bond acceptors (Lipinski definition) is 2. The van der Waals surface area contributed by atoms with Crippen molar-refractivity contribution in [3.8, 4) is 0 Å². The Hall–Kier alpha value is -1.84. The van der Waals surface area contributed by atoms with Gasteiger partial charge in [-0.15, -0.1) is 0 Å². The molecule has 1 amide bonds. The number of carboxylic acids is 1. The lowest BCUT2D eigenvalue weighted by molar-refractivity contribution is -0.149. The van der Waals surface area contributed by atoms with Crippen molar-refractivity contribution in [2.45, 2.75) is 27.2 Å². The number of aryl methyl sites for hydroxylation is 1. The van der Waals surface area contributed by atoms with Crippen LogP contribution in [0.3, 0.4) is 0 Å². The van der Waals surface area contributed by atoms with E-state index in [9.17, 15) is 9.59 Å². The van der Waals surface area contributed by atoms with Gasteiger partial charge < -0.3 is 10.0 Å². The monoisotopic (exact) mass is 249 g/mol. The normalized spacial score (nSPS) is 11.1. The molecule has 1 aromatic carbocycles. The molecule has 0 saturated heterocycles. The van der Waals surface area contributed by atoms with Gasteiger partial charge in [-0.1, -0.05) is 18.2 Å². The molecule has 4 nitrogen and oxygen atoms in total. The summed E-state index contributed by atoms with van der Waals surface area (Å²) in [4.78, 5) is 24.6. The van der Waals surface area contributed by atoms with Crippen molar-refractivity contribution in [1.29, 1.82) is 0 Å². The Balaban J connectivity index is 2.86. The van der Waals surface area contributed by atoms with Crippen LogP contribution in [0.2, 0.25) is 0 Å². The highest BCUT2D eigenvalue weighted by atomic mass is 16.4. The summed E-state index contributed by atoms with van der Waals surface area (Å²) in [5.41, 5.74) is 0.749. The highest BCUT2D eigenvalue weighted by Crippen LogP contribution is 2.25. The number of hydrogen-bond donors (Lipinski definition) is 1. The van der Waals surface area contributed by atoms with E-state index in [-0.39, 0.29) is 12.3 Å². The largest absolute Gasteiger partial charge is 0.481 e. The molecule has 0 spiro atoms. The maximum atomic E-state index is 12.1. The van der Waals surface area contributed by atoms with E-state index in [2.05, 4.69) is 0 Å². The first-order valence-corrected chi connectivity index (χ1v) is 5.81. The third kappa shape index (κ3) is 3.09. The van der Waals surface area contributed by atoms with Crippen molar-refractivity contribution >= 4 is 17.6 Å². The Morgan fingerprint density at radius 1 is 1.28 bits per heavy atom. The summed E-state index contributed by atoms with van der Waals surface area (Å²) < 4.78 is 0. The standard InChI is InChI=1S/C14H19NO3/c1-10-7-5-6-8-11(10)15(4)12(16)9-14(2,3)13(17)18/h5-8H,9H2,1-4H3,(H,17,18). The first kappa shape index (κ1) is 14.2. The molecule has 98 valence electrons. The molecule has 1 aromatic rings. The first-order chi connectivity index (χ1) is 8.25. The van der Waals surface area contributed by atoms with Crippen LogP contribution in [0.1, 0.15) is 25.8 Å². The minimum atomic E-state index is -1.05. The number of rotatable bonds is 4. The fourth-order valence-electron chi connectivity index (χ4n) is 1.65. The molecular formula is C14H19NO3. The van der Waals surface area contributed by atoms with Gasteiger partial charge in [0.05, 0.1) is 5.41 Å². The Bertz CT molecular complexity index is 466. The Kier molecular flexibility index (Phi) is 4.11. The van der Waals surface area contributed by atoms with Crippen LogP contribution in [-0.4, -0.2) is 24.0 Å². The minimum absolute atomic E-state index is 0.0207. The molecule has 18 heavy (non-hydrogen) atoms. The number of benzene rings is 1. The van der Waals surface area contributed by atoms with Gasteiger partial charge in [0.2, 0.25) is 5.91 Å². The Labute approximate surface area is 107 Å². The van der Waals surface area contributed by atoms with Crippen molar-refractivity contribution in [1.82, 2.24) is 0 Å². The van der Waals surface area contributed by atoms with Gasteiger partial charge in [-0.25, -0.2) is 0 Å². The van der Waals surface area contributed by atoms with Gasteiger partial charge >= 0.3 is 5.97 Å². The third-order valence-corrected chi connectivity index (χ3v) is 3.02. The maximum Gasteiger partial charge on any atom is 0.309 e. The quantitative estimate of drug-likeness (QED) is 0.891. The summed E-state index contributed by atoms with van der Waals surface area (Å²) in [5.74, 6) is -1.16. The number of carbonyl (C=O) groups is 2. The van der Waals surface area contributed by atoms with Crippen LogP contribution >= 0.6 is 0 Å². The van der Waals surface area contributed by atoms with Crippen LogP contribution in [0.25, 0.3) is 0 Å². The van der Waals surface area contributed by atoms with Gasteiger partial charge in [-0.3, -0.25) is 9.59 Å². The van der Waals surface area contributed by atoms with E-state index in [1.807, 2.05) is 31.2 Å². The molecule has 0 saturated carbocycles. The number of anilines is 1. The van der Waals surface area contributed by atoms with Crippen molar-refractivity contribution in [2.24, 2.45) is 5.41 Å². The molecule has 0 heterocycles. The van der Waals surface area contributed by atoms with Crippen molar-refractivity contribution in [3.05, 3.63) is 29.8 Å². The molecule has 1 rings (SSSR count). The van der Waals surface area contributed by atoms with Crippen LogP contribution < -0.4 is 4.90 Å². The summed E-state index contributed by atoms with van der Waals surface area (Å²) in [6.45, 7) is 5.03. The molecule has 0 aliphatic rings. The second-order valence-electron chi connectivity index (χ2n) is 5.11. The molecular weight excluding hydrogens is 230 g/mol. The fraction of sp³-hybridized carbons (Fsp3) is 0.429. The van der Waals surface area contributed by atoms with Crippen LogP contribution in [0, 0.1) is 12.3 Å². The Morgan fingerprint density at radius 2 is 1.83 bits per heavy atom. The zero-order valence-electron chi connectivity index (χ0n) is 11.2. The van der Waals surface area contributed by atoms with Crippen LogP contribution in [0.15, 0.2) is 24.3 Å². The predicted molar refractivity (Wildman–Crippen MR) is 70.6 cm³/mol. The maximum absolute atomic E-state index is 12.1. The van der Waals surface area contributed by atoms with Gasteiger partial charge in [0.15, 0.2) is 0 Å². The number of nitrogens with zero attached hydrogens (tertiary/aromatic N) is 1. The lowest BCUT2D eigenvalue weighted by Crippen LogP contribution is -2.35. The lowest BCUT2D eigenvalue weighted by Gasteiger charge is -2.24. The van der Waals surface area contributed by atoms with Gasteiger partial charge in [0.25, 0.3) is 0 Å². The van der Waals surface area contributed by atoms with E-state index in [0.717, 1.165) is 11.3 Å². The molecule has 0 unspecified atom stereocenters. The summed E-state index contributed by atoms with van der Waals surface area (Å²) in [6.07, 6.45) is -0.0207. The molecule has 0 radical (unpaired) electrons. The van der Waals surface area contributed by atoms with E-state index in [4.69, 9.17) is 5.11 Å². The molecule has 0 aliphatic heterocycles. The van der Waals surface area contributed by atoms with Gasteiger partial charge in [0.1, 0.15) is 0 Å². The average molecular weight is 249 g/mol. The molecule has 0 aliphatic carbocycles. The summed E-state index contributed by atoms with van der Waals surface area (Å²) >= 11 is 0. The van der Waals surface area contributed by atoms with Gasteiger partial charge in [-0.2, -0.15) is 0 Å². The van der Waals surface area contributed by atoms with E-state index < -0.39 is 11.4 Å². The third-order valence-electron chi connectivity index (χ3n) is 3.02. The molecule has 1 N–H and O–H groups in total. The van der Waals surface area contributed by atoms with Crippen LogP contribution in [-0.2, 0) is 9.59 Å². The Morgan fingerprint density at radius 3 is 2.33 bits per heavy atom. The second kappa shape index (κ2) is 5.21. The predicted octanol–water partition coefficient (Wildman–Crippen LogP) is 2.46. The van der Waals surface area contributed by atoms with E-state index in [0.29, 0.717) is 0 Å². The smallest absolute Gasteiger partial charge is 0.309 e. The van der Waals surface area contributed by atoms with E-state index >= 15 is 0 Å². The number of para-hydroxylation sites is 1. The van der Waals surface area contributed by atoms with Gasteiger partial charge in [0, 0.05) is 19.2 Å². The molecule has 0 bridgehead atoms. The van der Waals surface area contributed by atoms with E-state index in [1.54, 1.807) is 20.9 Å². The zero-order valence-corrected chi connectivity index (χ0v) is 11.2. The first-order valence-electron chi connectivity index (χ1n) is 5.81. The average Bonchev–Trinajstić information content (AvgIpc) is 2.28. The number of carbonyl (C=O) groups excluding carboxylic acids is 1. The van der Waals surface area contributed by atoms with Crippen LogP contribution in [0.5, 0.6) is 0 Å². The SMILES string of the molecule is Cc1ccccc1N(C)C(=O)CC(C)(C)C(=O)O. The zero-order chi connectivity index (χ0) is 13.9. The number of amides is 1. The number of carboxylic acid groups (broad SMARTS) is 1. The summed E-state index contributed by atoms with van der Waals surface area (Å²) in [7, 11) is 1.67. The summed E-state index contributed by atoms with van der Waals surface area (Å²) in [5, 5.41) is 9.03. The van der Waals surface area contributed by atoms with Crippen molar-refractivity contribution < 1.29 is 14.7 Å². The van der Waals surface area contributed by atoms with Crippen molar-refractivity contribution in [2.75, 3.05) is 11.9 Å². The van der Waals surface area contributed by atoms with E-state index in [1.165, 1.54) is 4.90 Å². The topological polar surface area (TPSA) is 57.6 Å². The van der Waals surface area contributed by atoms with Crippen LogP contribution in [0.4, 0.5) is 5.69 Å². The second-order valence-corrected chi connectivity index (χ2v) is 5.11. The van der Waals surface area contributed by atoms with Gasteiger partial charge in [-0.05, 0) is 32.4 Å². The fourth-order valence-corrected chi connectivity index (χ4v) is 1.65. The molecule has 0 aromatic heterocycles. The lowest BCUT2D eigenvalue weighted by atomic mass is 9.89. The summed E-state index contributed by atoms with van der Waals surface area (Å²) in [6, 6.07) is 7.52. The molecule has 0 atom stereocenters. The number of aliphatic carboxylic acids is 1.